The molecule has 0 spiro atoms. The number of pyridine rings is 2. The van der Waals surface area contributed by atoms with E-state index in [1.54, 1.807) is 31.3 Å². The topological polar surface area (TPSA) is 94.9 Å². The number of aromatic nitrogens is 2. The molecule has 0 radical (unpaired) electrons. The summed E-state index contributed by atoms with van der Waals surface area (Å²) in [4.78, 5) is 34.1. The number of carbonyl (C=O) groups excluding carboxylic acids is 1. The maximum absolute atomic E-state index is 15.4. The van der Waals surface area contributed by atoms with Gasteiger partial charge in [0.15, 0.2) is 23.1 Å². The summed E-state index contributed by atoms with van der Waals surface area (Å²) < 4.78 is 47.1. The van der Waals surface area contributed by atoms with E-state index in [0.29, 0.717) is 45.8 Å². The predicted octanol–water partition coefficient (Wildman–Crippen LogP) is 6.67. The largest absolute Gasteiger partial charge is 0.493 e. The van der Waals surface area contributed by atoms with E-state index >= 15 is 4.39 Å². The second-order valence-corrected chi connectivity index (χ2v) is 11.3. The molecule has 1 aliphatic rings. The summed E-state index contributed by atoms with van der Waals surface area (Å²) in [5, 5.41) is 3.27. The van der Waals surface area contributed by atoms with E-state index in [4.69, 9.17) is 14.2 Å². The van der Waals surface area contributed by atoms with Crippen LogP contribution < -0.4 is 25.1 Å². The highest BCUT2D eigenvalue weighted by atomic mass is 19.1. The van der Waals surface area contributed by atoms with Crippen molar-refractivity contribution in [3.8, 4) is 28.7 Å². The highest BCUT2D eigenvalue weighted by molar-refractivity contribution is 6.05. The second kappa shape index (κ2) is 13.6. The van der Waals surface area contributed by atoms with Crippen molar-refractivity contribution in [3.63, 3.8) is 0 Å². The lowest BCUT2D eigenvalue weighted by molar-refractivity contribution is 0.102. The first kappa shape index (κ1) is 31.7. The average molecular weight is 641 g/mol. The molecular weight excluding hydrogens is 606 g/mol. The second-order valence-electron chi connectivity index (χ2n) is 11.3. The summed E-state index contributed by atoms with van der Waals surface area (Å²) in [7, 11) is 3.03. The van der Waals surface area contributed by atoms with Gasteiger partial charge in [0.1, 0.15) is 17.1 Å². The number of hydrogen-bond acceptors (Lipinski definition) is 7. The van der Waals surface area contributed by atoms with E-state index < -0.39 is 23.1 Å². The number of rotatable bonds is 10. The maximum atomic E-state index is 15.4. The molecular formula is C36H34F2N4O5. The van der Waals surface area contributed by atoms with Crippen molar-refractivity contribution in [2.45, 2.75) is 26.2 Å². The number of hydrogen-bond donors (Lipinski definition) is 1. The molecule has 2 aromatic heterocycles. The number of carbonyl (C=O) groups is 1. The number of benzene rings is 3. The molecule has 0 unspecified atom stereocenters. The van der Waals surface area contributed by atoms with Crippen LogP contribution in [0.25, 0.3) is 16.6 Å². The Morgan fingerprint density at radius 3 is 2.34 bits per heavy atom. The van der Waals surface area contributed by atoms with Gasteiger partial charge in [-0.25, -0.2) is 8.78 Å². The normalized spacial score (nSPS) is 13.1. The first-order valence-electron chi connectivity index (χ1n) is 15.3. The molecule has 3 aromatic carbocycles. The Labute approximate surface area is 270 Å². The van der Waals surface area contributed by atoms with Crippen molar-refractivity contribution in [1.82, 2.24) is 14.5 Å². The monoisotopic (exact) mass is 640 g/mol. The Balaban J connectivity index is 1.28. The number of nitrogens with zero attached hydrogens (tertiary/aromatic N) is 3. The van der Waals surface area contributed by atoms with Crippen molar-refractivity contribution in [1.29, 1.82) is 0 Å². The number of ether oxygens (including phenoxy) is 3. The minimum Gasteiger partial charge on any atom is -0.493 e. The first-order valence-corrected chi connectivity index (χ1v) is 15.3. The number of fused-ring (bicyclic) bond motifs is 1. The zero-order valence-corrected chi connectivity index (χ0v) is 26.3. The fraction of sp³-hybridized carbons (Fsp3) is 0.250. The third-order valence-electron chi connectivity index (χ3n) is 8.42. The molecule has 1 amide bonds. The minimum atomic E-state index is -0.729. The molecule has 242 valence electrons. The maximum Gasteiger partial charge on any atom is 0.268 e. The van der Waals surface area contributed by atoms with Gasteiger partial charge in [-0.15, -0.1) is 0 Å². The van der Waals surface area contributed by atoms with Gasteiger partial charge < -0.3 is 24.4 Å². The summed E-state index contributed by atoms with van der Waals surface area (Å²) in [6, 6.07) is 14.5. The van der Waals surface area contributed by atoms with Crippen LogP contribution in [0.2, 0.25) is 0 Å². The fourth-order valence-electron chi connectivity index (χ4n) is 5.86. The van der Waals surface area contributed by atoms with E-state index in [-0.39, 0.29) is 17.0 Å². The smallest absolute Gasteiger partial charge is 0.268 e. The van der Waals surface area contributed by atoms with Crippen LogP contribution in [0.3, 0.4) is 0 Å². The molecule has 5 aromatic rings. The summed E-state index contributed by atoms with van der Waals surface area (Å²) in [6.07, 6.45) is 6.17. The van der Waals surface area contributed by atoms with Crippen molar-refractivity contribution in [3.05, 3.63) is 112 Å². The lowest BCUT2D eigenvalue weighted by Gasteiger charge is -2.19. The molecule has 1 aliphatic heterocycles. The zero-order chi connectivity index (χ0) is 33.1. The Morgan fingerprint density at radius 2 is 1.64 bits per heavy atom. The van der Waals surface area contributed by atoms with E-state index in [1.807, 2.05) is 0 Å². The standard InChI is InChI=1S/C36H34F2N4O5/c1-22-23(13-17-41-15-4-5-16-41)21-42(26-9-6-24(37)7-10-26)36(44)34(22)35(43)40-25-8-11-31(28(38)18-25)47-30-12-14-39-29-20-33(46-3)32(45-2)19-27(29)30/h6-12,14,18-21H,4-5,13,15-17H2,1-3H3,(H,40,43). The van der Waals surface area contributed by atoms with Crippen LogP contribution in [-0.2, 0) is 6.42 Å². The summed E-state index contributed by atoms with van der Waals surface area (Å²) >= 11 is 0. The Bertz CT molecular complexity index is 2010. The molecule has 0 atom stereocenters. The van der Waals surface area contributed by atoms with Gasteiger partial charge in [-0.05, 0) is 98.9 Å². The van der Waals surface area contributed by atoms with Crippen LogP contribution in [0.4, 0.5) is 14.5 Å². The van der Waals surface area contributed by atoms with Crippen LogP contribution in [0.1, 0.15) is 34.3 Å². The molecule has 3 heterocycles. The first-order chi connectivity index (χ1) is 22.7. The van der Waals surface area contributed by atoms with Crippen LogP contribution in [0.15, 0.2) is 77.9 Å². The SMILES string of the molecule is COc1cc2nccc(Oc3ccc(NC(=O)c4c(C)c(CCN5CCCC5)cn(-c5ccc(F)cc5)c4=O)cc3F)c2cc1OC. The molecule has 0 saturated carbocycles. The number of amides is 1. The number of methoxy groups -OCH3 is 2. The Morgan fingerprint density at radius 1 is 0.915 bits per heavy atom. The van der Waals surface area contributed by atoms with Gasteiger partial charge in [0, 0.05) is 47.8 Å². The van der Waals surface area contributed by atoms with Crippen LogP contribution in [-0.4, -0.2) is 54.2 Å². The molecule has 11 heteroatoms. The molecule has 1 saturated heterocycles. The van der Waals surface area contributed by atoms with Gasteiger partial charge in [0.2, 0.25) is 0 Å². The van der Waals surface area contributed by atoms with Gasteiger partial charge in [-0.1, -0.05) is 0 Å². The van der Waals surface area contributed by atoms with E-state index in [9.17, 15) is 14.0 Å². The van der Waals surface area contributed by atoms with Crippen LogP contribution in [0, 0.1) is 18.6 Å². The van der Waals surface area contributed by atoms with Gasteiger partial charge in [0.25, 0.3) is 11.5 Å². The minimum absolute atomic E-state index is 0.0680. The Hall–Kier alpha value is -5.29. The molecule has 1 fully saturated rings. The third kappa shape index (κ3) is 6.66. The number of anilines is 1. The number of halogens is 2. The zero-order valence-electron chi connectivity index (χ0n) is 26.3. The summed E-state index contributed by atoms with van der Waals surface area (Å²) in [5.41, 5.74) is 1.87. The summed E-state index contributed by atoms with van der Waals surface area (Å²) in [5.74, 6) is -0.627. The fourth-order valence-corrected chi connectivity index (χ4v) is 5.86. The lowest BCUT2D eigenvalue weighted by Crippen LogP contribution is -2.31. The van der Waals surface area contributed by atoms with Gasteiger partial charge in [-0.2, -0.15) is 0 Å². The quantitative estimate of drug-likeness (QED) is 0.182. The van der Waals surface area contributed by atoms with Gasteiger partial charge in [0.05, 0.1) is 19.7 Å². The van der Waals surface area contributed by atoms with Gasteiger partial charge in [-0.3, -0.25) is 19.1 Å². The number of likely N-dealkylation sites (tertiary alicyclic amines) is 1. The molecule has 0 aliphatic carbocycles. The van der Waals surface area contributed by atoms with Crippen molar-refractivity contribution in [2.24, 2.45) is 0 Å². The average Bonchev–Trinajstić information content (AvgIpc) is 3.59. The number of nitrogens with one attached hydrogen (secondary N) is 1. The highest BCUT2D eigenvalue weighted by Gasteiger charge is 2.22. The molecule has 6 rings (SSSR count). The predicted molar refractivity (Wildman–Crippen MR) is 175 cm³/mol. The van der Waals surface area contributed by atoms with E-state index in [0.717, 1.165) is 44.1 Å². The molecule has 1 N–H and O–H groups in total. The van der Waals surface area contributed by atoms with Crippen molar-refractivity contribution < 1.29 is 27.8 Å². The van der Waals surface area contributed by atoms with E-state index in [1.165, 1.54) is 61.4 Å². The lowest BCUT2D eigenvalue weighted by atomic mass is 10.0. The molecule has 0 bridgehead atoms. The van der Waals surface area contributed by atoms with Crippen LogP contribution >= 0.6 is 0 Å². The molecule has 9 nitrogen and oxygen atoms in total. The van der Waals surface area contributed by atoms with E-state index in [2.05, 4.69) is 15.2 Å². The highest BCUT2D eigenvalue weighted by Crippen LogP contribution is 2.37. The molecule has 47 heavy (non-hydrogen) atoms. The van der Waals surface area contributed by atoms with Crippen LogP contribution in [0.5, 0.6) is 23.0 Å². The van der Waals surface area contributed by atoms with Gasteiger partial charge >= 0.3 is 0 Å². The summed E-state index contributed by atoms with van der Waals surface area (Å²) in [6.45, 7) is 4.54. The Kier molecular flexibility index (Phi) is 9.17. The third-order valence-corrected chi connectivity index (χ3v) is 8.42. The van der Waals surface area contributed by atoms with Crippen molar-refractivity contribution >= 4 is 22.5 Å². The van der Waals surface area contributed by atoms with Crippen molar-refractivity contribution in [2.75, 3.05) is 39.2 Å².